The second-order valence-corrected chi connectivity index (χ2v) is 6.69. The highest BCUT2D eigenvalue weighted by Gasteiger charge is 2.19. The molecule has 1 saturated heterocycles. The zero-order valence-electron chi connectivity index (χ0n) is 16.0. The van der Waals surface area contributed by atoms with Crippen molar-refractivity contribution in [2.24, 2.45) is 0 Å². The third kappa shape index (κ3) is 4.08. The minimum atomic E-state index is 0.198. The second-order valence-electron chi connectivity index (χ2n) is 6.69. The van der Waals surface area contributed by atoms with E-state index in [1.165, 1.54) is 0 Å². The minimum absolute atomic E-state index is 0.198. The van der Waals surface area contributed by atoms with E-state index < -0.39 is 0 Å². The van der Waals surface area contributed by atoms with E-state index in [9.17, 15) is 10.1 Å². The van der Waals surface area contributed by atoms with Crippen LogP contribution in [0.15, 0.2) is 24.3 Å². The Morgan fingerprint density at radius 1 is 1.15 bits per heavy atom. The van der Waals surface area contributed by atoms with Crippen LogP contribution in [0.1, 0.15) is 55.5 Å². The molecule has 0 saturated carbocycles. The number of benzene rings is 1. The third-order valence-electron chi connectivity index (χ3n) is 4.99. The molecule has 0 aliphatic carbocycles. The molecule has 1 N–H and O–H groups in total. The molecular weight excluding hydrogens is 338 g/mol. The number of nitrogens with zero attached hydrogens (tertiary/aromatic N) is 4. The largest absolute Gasteiger partial charge is 0.363 e. The molecule has 6 nitrogen and oxygen atoms in total. The van der Waals surface area contributed by atoms with Crippen LogP contribution in [-0.4, -0.2) is 22.6 Å². The quantitative estimate of drug-likeness (QED) is 0.848. The molecule has 2 heterocycles. The topological polar surface area (TPSA) is 81.9 Å². The van der Waals surface area contributed by atoms with Gasteiger partial charge in [0.1, 0.15) is 11.6 Å². The van der Waals surface area contributed by atoms with Gasteiger partial charge in [-0.1, -0.05) is 26.0 Å². The van der Waals surface area contributed by atoms with Gasteiger partial charge in [0.15, 0.2) is 5.82 Å². The maximum absolute atomic E-state index is 12.0. The lowest BCUT2D eigenvalue weighted by Crippen LogP contribution is -2.35. The molecule has 1 aromatic carbocycles. The van der Waals surface area contributed by atoms with E-state index in [4.69, 9.17) is 0 Å². The molecule has 1 aliphatic heterocycles. The summed E-state index contributed by atoms with van der Waals surface area (Å²) >= 11 is 0. The molecule has 0 radical (unpaired) electrons. The Hall–Kier alpha value is -2.94. The fourth-order valence-electron chi connectivity index (χ4n) is 3.48. The average Bonchev–Trinajstić information content (AvgIpc) is 2.72. The highest BCUT2D eigenvalue weighted by molar-refractivity contribution is 5.93. The molecule has 1 fully saturated rings. The lowest BCUT2D eigenvalue weighted by atomic mass is 10.0. The molecule has 0 unspecified atom stereocenters. The van der Waals surface area contributed by atoms with Crippen LogP contribution in [-0.2, 0) is 24.2 Å². The van der Waals surface area contributed by atoms with Crippen LogP contribution in [0.5, 0.6) is 0 Å². The zero-order chi connectivity index (χ0) is 19.2. The van der Waals surface area contributed by atoms with Crippen LogP contribution in [0.4, 0.5) is 11.5 Å². The standard InChI is InChI=1S/C21H25N5O/c1-3-17-18(13-22)21(25-24-19(17)4-2)23-14-15-8-10-16(11-9-15)26-12-6-5-7-20(26)27/h8-11H,3-7,12,14H2,1-2H3,(H,23,25). The molecular formula is C21H25N5O. The number of aromatic nitrogens is 2. The number of amides is 1. The Morgan fingerprint density at radius 2 is 1.93 bits per heavy atom. The maximum atomic E-state index is 12.0. The van der Waals surface area contributed by atoms with Crippen LogP contribution in [0.25, 0.3) is 0 Å². The Kier molecular flexibility index (Phi) is 6.02. The Morgan fingerprint density at radius 3 is 2.56 bits per heavy atom. The van der Waals surface area contributed by atoms with Gasteiger partial charge in [0.25, 0.3) is 0 Å². The SMILES string of the molecule is CCc1nnc(NCc2ccc(N3CCCCC3=O)cc2)c(C#N)c1CC. The third-order valence-corrected chi connectivity index (χ3v) is 4.99. The van der Waals surface area contributed by atoms with Crippen LogP contribution >= 0.6 is 0 Å². The number of rotatable bonds is 6. The van der Waals surface area contributed by atoms with Crippen molar-refractivity contribution >= 4 is 17.4 Å². The Balaban J connectivity index is 1.72. The molecule has 0 spiro atoms. The minimum Gasteiger partial charge on any atom is -0.363 e. The molecule has 1 amide bonds. The van der Waals surface area contributed by atoms with Crippen LogP contribution in [0.2, 0.25) is 0 Å². The molecule has 1 aliphatic rings. The van der Waals surface area contributed by atoms with Crippen molar-refractivity contribution in [3.63, 3.8) is 0 Å². The van der Waals surface area contributed by atoms with Gasteiger partial charge in [0.2, 0.25) is 5.91 Å². The number of anilines is 2. The van der Waals surface area contributed by atoms with E-state index in [0.717, 1.165) is 54.7 Å². The number of nitriles is 1. The second kappa shape index (κ2) is 8.63. The monoisotopic (exact) mass is 363 g/mol. The smallest absolute Gasteiger partial charge is 0.226 e. The predicted octanol–water partition coefficient (Wildman–Crippen LogP) is 3.60. The molecule has 3 rings (SSSR count). The van der Waals surface area contributed by atoms with Crippen LogP contribution < -0.4 is 10.2 Å². The molecule has 140 valence electrons. The highest BCUT2D eigenvalue weighted by atomic mass is 16.2. The van der Waals surface area contributed by atoms with Crippen molar-refractivity contribution in [3.05, 3.63) is 46.6 Å². The van der Waals surface area contributed by atoms with Gasteiger partial charge in [-0.3, -0.25) is 4.79 Å². The first kappa shape index (κ1) is 18.8. The van der Waals surface area contributed by atoms with Crippen molar-refractivity contribution in [3.8, 4) is 6.07 Å². The van der Waals surface area contributed by atoms with Crippen LogP contribution in [0, 0.1) is 11.3 Å². The number of piperidine rings is 1. The Bertz CT molecular complexity index is 854. The van der Waals surface area contributed by atoms with Crippen molar-refractivity contribution < 1.29 is 4.79 Å². The summed E-state index contributed by atoms with van der Waals surface area (Å²) in [6.45, 7) is 5.39. The van der Waals surface area contributed by atoms with E-state index in [1.807, 2.05) is 43.0 Å². The lowest BCUT2D eigenvalue weighted by Gasteiger charge is -2.26. The van der Waals surface area contributed by atoms with E-state index >= 15 is 0 Å². The summed E-state index contributed by atoms with van der Waals surface area (Å²) in [7, 11) is 0. The van der Waals surface area contributed by atoms with Crippen molar-refractivity contribution in [1.82, 2.24) is 10.2 Å². The van der Waals surface area contributed by atoms with Gasteiger partial charge in [0, 0.05) is 25.2 Å². The highest BCUT2D eigenvalue weighted by Crippen LogP contribution is 2.23. The van der Waals surface area contributed by atoms with Gasteiger partial charge in [-0.05, 0) is 48.9 Å². The van der Waals surface area contributed by atoms with E-state index in [0.29, 0.717) is 24.3 Å². The average molecular weight is 363 g/mol. The van der Waals surface area contributed by atoms with Crippen molar-refractivity contribution in [1.29, 1.82) is 5.26 Å². The molecule has 2 aromatic rings. The number of aryl methyl sites for hydroxylation is 1. The van der Waals surface area contributed by atoms with Crippen molar-refractivity contribution in [2.75, 3.05) is 16.8 Å². The number of carbonyl (C=O) groups excluding carboxylic acids is 1. The van der Waals surface area contributed by atoms with Gasteiger partial charge >= 0.3 is 0 Å². The number of hydrogen-bond donors (Lipinski definition) is 1. The van der Waals surface area contributed by atoms with Crippen molar-refractivity contribution in [2.45, 2.75) is 52.5 Å². The zero-order valence-corrected chi connectivity index (χ0v) is 16.0. The molecule has 0 atom stereocenters. The summed E-state index contributed by atoms with van der Waals surface area (Å²) in [6, 6.07) is 10.2. The summed E-state index contributed by atoms with van der Waals surface area (Å²) in [4.78, 5) is 13.9. The normalized spacial score (nSPS) is 14.1. The first-order valence-corrected chi connectivity index (χ1v) is 9.59. The van der Waals surface area contributed by atoms with Gasteiger partial charge in [0.05, 0.1) is 5.69 Å². The van der Waals surface area contributed by atoms with E-state index in [1.54, 1.807) is 0 Å². The molecule has 0 bridgehead atoms. The molecule has 1 aromatic heterocycles. The summed E-state index contributed by atoms with van der Waals surface area (Å²) in [6.07, 6.45) is 4.19. The number of carbonyl (C=O) groups is 1. The van der Waals surface area contributed by atoms with Gasteiger partial charge in [-0.15, -0.1) is 5.10 Å². The summed E-state index contributed by atoms with van der Waals surface area (Å²) in [5.74, 6) is 0.728. The van der Waals surface area contributed by atoms with Gasteiger partial charge in [-0.25, -0.2) is 0 Å². The van der Waals surface area contributed by atoms with Crippen LogP contribution in [0.3, 0.4) is 0 Å². The summed E-state index contributed by atoms with van der Waals surface area (Å²) < 4.78 is 0. The molecule has 27 heavy (non-hydrogen) atoms. The van der Waals surface area contributed by atoms with Gasteiger partial charge in [-0.2, -0.15) is 10.4 Å². The van der Waals surface area contributed by atoms with E-state index in [-0.39, 0.29) is 5.91 Å². The fraction of sp³-hybridized carbons (Fsp3) is 0.429. The summed E-state index contributed by atoms with van der Waals surface area (Å²) in [5.41, 5.74) is 4.44. The first-order valence-electron chi connectivity index (χ1n) is 9.59. The Labute approximate surface area is 160 Å². The fourth-order valence-corrected chi connectivity index (χ4v) is 3.48. The molecule has 6 heteroatoms. The maximum Gasteiger partial charge on any atom is 0.226 e. The lowest BCUT2D eigenvalue weighted by molar-refractivity contribution is -0.119. The predicted molar refractivity (Wildman–Crippen MR) is 105 cm³/mol. The first-order chi connectivity index (χ1) is 13.2. The summed E-state index contributed by atoms with van der Waals surface area (Å²) in [5, 5.41) is 21.3. The van der Waals surface area contributed by atoms with Gasteiger partial charge < -0.3 is 10.2 Å². The number of nitrogens with one attached hydrogen (secondary N) is 1. The van der Waals surface area contributed by atoms with E-state index in [2.05, 4.69) is 21.6 Å². The number of hydrogen-bond acceptors (Lipinski definition) is 5.